The molecule has 8 heteroatoms. The molecule has 3 aromatic rings. The van der Waals surface area contributed by atoms with Crippen LogP contribution in [0.25, 0.3) is 0 Å². The van der Waals surface area contributed by atoms with Gasteiger partial charge in [-0.2, -0.15) is 8.42 Å². The van der Waals surface area contributed by atoms with E-state index in [4.69, 9.17) is 4.74 Å². The summed E-state index contributed by atoms with van der Waals surface area (Å²) in [4.78, 5) is 12.7. The number of amides is 1. The Hall–Kier alpha value is -3.52. The van der Waals surface area contributed by atoms with E-state index in [1.165, 1.54) is 15.7 Å². The number of carbonyl (C=O) groups is 1. The predicted octanol–water partition coefficient (Wildman–Crippen LogP) is 3.41. The fourth-order valence-electron chi connectivity index (χ4n) is 3.30. The zero-order valence-corrected chi connectivity index (χ0v) is 17.2. The minimum absolute atomic E-state index is 0.122. The van der Waals surface area contributed by atoms with E-state index in [0.717, 1.165) is 0 Å². The molecule has 1 amide bonds. The number of nitrogens with zero attached hydrogens (tertiary/aromatic N) is 2. The molecule has 0 unspecified atom stereocenters. The van der Waals surface area contributed by atoms with Crippen LogP contribution in [0.4, 0.5) is 11.4 Å². The first-order chi connectivity index (χ1) is 14.5. The number of para-hydroxylation sites is 4. The zero-order valence-electron chi connectivity index (χ0n) is 16.4. The Balaban J connectivity index is 1.45. The second-order valence-electron chi connectivity index (χ2n) is 6.70. The van der Waals surface area contributed by atoms with Crippen molar-refractivity contribution in [1.29, 1.82) is 0 Å². The molecule has 1 heterocycles. The Labute approximate surface area is 175 Å². The van der Waals surface area contributed by atoms with Crippen LogP contribution in [0, 0.1) is 0 Å². The van der Waals surface area contributed by atoms with Crippen molar-refractivity contribution in [2.24, 2.45) is 0 Å². The topological polar surface area (TPSA) is 79.0 Å². The lowest BCUT2D eigenvalue weighted by atomic mass is 10.2. The smallest absolute Gasteiger partial charge is 0.326 e. The third-order valence-corrected chi connectivity index (χ3v) is 6.64. The van der Waals surface area contributed by atoms with Crippen molar-refractivity contribution in [2.75, 3.05) is 28.7 Å². The Kier molecular flexibility index (Phi) is 5.33. The zero-order chi connectivity index (χ0) is 21.1. The minimum Gasteiger partial charge on any atom is -0.457 e. The summed E-state index contributed by atoms with van der Waals surface area (Å²) < 4.78 is 33.7. The van der Waals surface area contributed by atoms with Gasteiger partial charge in [-0.1, -0.05) is 42.5 Å². The summed E-state index contributed by atoms with van der Waals surface area (Å²) in [5.74, 6) is 0.723. The Morgan fingerprint density at radius 1 is 0.900 bits per heavy atom. The van der Waals surface area contributed by atoms with E-state index in [1.54, 1.807) is 60.7 Å². The molecule has 0 saturated heterocycles. The standard InChI is InChI=1S/C22H21N3O4S/c1-24-19-12-6-7-13-20(19)25(30(24,27)28)16-15-23-22(26)18-11-5-8-14-21(18)29-17-9-3-2-4-10-17/h2-14H,15-16H2,1H3,(H,23,26). The van der Waals surface area contributed by atoms with Gasteiger partial charge >= 0.3 is 10.2 Å². The molecular formula is C22H21N3O4S. The van der Waals surface area contributed by atoms with Gasteiger partial charge in [-0.05, 0) is 36.4 Å². The number of hydrogen-bond acceptors (Lipinski definition) is 4. The molecular weight excluding hydrogens is 402 g/mol. The van der Waals surface area contributed by atoms with Crippen molar-refractivity contribution in [3.8, 4) is 11.5 Å². The predicted molar refractivity (Wildman–Crippen MR) is 116 cm³/mol. The van der Waals surface area contributed by atoms with Gasteiger partial charge in [-0.3, -0.25) is 9.10 Å². The van der Waals surface area contributed by atoms with Crippen molar-refractivity contribution < 1.29 is 17.9 Å². The van der Waals surface area contributed by atoms with Crippen LogP contribution < -0.4 is 18.7 Å². The van der Waals surface area contributed by atoms with Crippen LogP contribution in [-0.2, 0) is 10.2 Å². The van der Waals surface area contributed by atoms with E-state index in [1.807, 2.05) is 18.2 Å². The van der Waals surface area contributed by atoms with Gasteiger partial charge < -0.3 is 10.1 Å². The molecule has 30 heavy (non-hydrogen) atoms. The number of anilines is 2. The van der Waals surface area contributed by atoms with Crippen LogP contribution in [0.1, 0.15) is 10.4 Å². The van der Waals surface area contributed by atoms with Gasteiger partial charge in [0.2, 0.25) is 0 Å². The van der Waals surface area contributed by atoms with E-state index >= 15 is 0 Å². The number of rotatable bonds is 6. The van der Waals surface area contributed by atoms with Gasteiger partial charge in [0.1, 0.15) is 11.5 Å². The number of ether oxygens (including phenoxy) is 1. The highest BCUT2D eigenvalue weighted by Crippen LogP contribution is 2.39. The average Bonchev–Trinajstić information content (AvgIpc) is 2.95. The summed E-state index contributed by atoms with van der Waals surface area (Å²) in [5.41, 5.74) is 1.59. The van der Waals surface area contributed by atoms with Gasteiger partial charge in [0.15, 0.2) is 0 Å². The van der Waals surface area contributed by atoms with Crippen LogP contribution >= 0.6 is 0 Å². The van der Waals surface area contributed by atoms with Gasteiger partial charge in [0.05, 0.1) is 23.5 Å². The summed E-state index contributed by atoms with van der Waals surface area (Å²) >= 11 is 0. The molecule has 7 nitrogen and oxygen atoms in total. The van der Waals surface area contributed by atoms with Gasteiger partial charge in [0.25, 0.3) is 5.91 Å². The molecule has 3 aromatic carbocycles. The van der Waals surface area contributed by atoms with E-state index in [9.17, 15) is 13.2 Å². The Morgan fingerprint density at radius 2 is 1.53 bits per heavy atom. The molecule has 0 radical (unpaired) electrons. The first-order valence-electron chi connectivity index (χ1n) is 9.44. The number of nitrogens with one attached hydrogen (secondary N) is 1. The first-order valence-corrected chi connectivity index (χ1v) is 10.8. The summed E-state index contributed by atoms with van der Waals surface area (Å²) in [5, 5.41) is 2.79. The maximum absolute atomic E-state index is 12.7. The summed E-state index contributed by atoms with van der Waals surface area (Å²) in [6.07, 6.45) is 0. The molecule has 0 aliphatic carbocycles. The largest absolute Gasteiger partial charge is 0.457 e. The highest BCUT2D eigenvalue weighted by molar-refractivity contribution is 7.94. The summed E-state index contributed by atoms with van der Waals surface area (Å²) in [6, 6.07) is 23.2. The molecule has 4 rings (SSSR count). The second kappa shape index (κ2) is 8.08. The second-order valence-corrected chi connectivity index (χ2v) is 8.59. The number of hydrogen-bond donors (Lipinski definition) is 1. The normalized spacial score (nSPS) is 14.3. The van der Waals surface area contributed by atoms with Gasteiger partial charge in [-0.15, -0.1) is 0 Å². The third-order valence-electron chi connectivity index (χ3n) is 4.82. The number of carbonyl (C=O) groups excluding carboxylic acids is 1. The average molecular weight is 423 g/mol. The Morgan fingerprint density at radius 3 is 2.30 bits per heavy atom. The van der Waals surface area contributed by atoms with Crippen LogP contribution in [0.5, 0.6) is 11.5 Å². The lowest BCUT2D eigenvalue weighted by molar-refractivity contribution is 0.0952. The quantitative estimate of drug-likeness (QED) is 0.659. The maximum Gasteiger partial charge on any atom is 0.326 e. The third kappa shape index (κ3) is 3.69. The van der Waals surface area contributed by atoms with Crippen LogP contribution in [0.3, 0.4) is 0 Å². The molecule has 1 aliphatic heterocycles. The fraction of sp³-hybridized carbons (Fsp3) is 0.136. The number of fused-ring (bicyclic) bond motifs is 1. The van der Waals surface area contributed by atoms with E-state index in [2.05, 4.69) is 5.32 Å². The van der Waals surface area contributed by atoms with Gasteiger partial charge in [0, 0.05) is 13.6 Å². The highest BCUT2D eigenvalue weighted by atomic mass is 32.2. The molecule has 0 fully saturated rings. The summed E-state index contributed by atoms with van der Waals surface area (Å²) in [6.45, 7) is 0.275. The molecule has 0 aromatic heterocycles. The van der Waals surface area contributed by atoms with Crippen molar-refractivity contribution in [1.82, 2.24) is 5.32 Å². The molecule has 1 N–H and O–H groups in total. The highest BCUT2D eigenvalue weighted by Gasteiger charge is 2.37. The van der Waals surface area contributed by atoms with Crippen molar-refractivity contribution in [3.63, 3.8) is 0 Å². The minimum atomic E-state index is -3.65. The maximum atomic E-state index is 12.7. The molecule has 154 valence electrons. The van der Waals surface area contributed by atoms with Crippen LogP contribution in [-0.4, -0.2) is 34.5 Å². The SMILES string of the molecule is CN1c2ccccc2N(CCNC(=O)c2ccccc2Oc2ccccc2)S1(=O)=O. The van der Waals surface area contributed by atoms with E-state index < -0.39 is 10.2 Å². The van der Waals surface area contributed by atoms with Crippen molar-refractivity contribution >= 4 is 27.5 Å². The lowest BCUT2D eigenvalue weighted by Gasteiger charge is -2.19. The molecule has 0 saturated carbocycles. The number of benzene rings is 3. The fourth-order valence-corrected chi connectivity index (χ4v) is 4.72. The van der Waals surface area contributed by atoms with Crippen LogP contribution in [0.15, 0.2) is 78.9 Å². The first kappa shape index (κ1) is 19.8. The molecule has 0 bridgehead atoms. The summed E-state index contributed by atoms with van der Waals surface area (Å²) in [7, 11) is -2.13. The molecule has 0 spiro atoms. The van der Waals surface area contributed by atoms with E-state index in [0.29, 0.717) is 28.4 Å². The van der Waals surface area contributed by atoms with Gasteiger partial charge in [-0.25, -0.2) is 4.31 Å². The van der Waals surface area contributed by atoms with E-state index in [-0.39, 0.29) is 19.0 Å². The lowest BCUT2D eigenvalue weighted by Crippen LogP contribution is -2.40. The Bertz CT molecular complexity index is 1170. The van der Waals surface area contributed by atoms with Crippen molar-refractivity contribution in [3.05, 3.63) is 84.4 Å². The monoisotopic (exact) mass is 423 g/mol. The van der Waals surface area contributed by atoms with Crippen molar-refractivity contribution in [2.45, 2.75) is 0 Å². The molecule has 1 aliphatic rings. The molecule has 0 atom stereocenters. The van der Waals surface area contributed by atoms with Crippen LogP contribution in [0.2, 0.25) is 0 Å².